The van der Waals surface area contributed by atoms with Crippen molar-refractivity contribution in [2.75, 3.05) is 24.7 Å². The zero-order chi connectivity index (χ0) is 15.7. The summed E-state index contributed by atoms with van der Waals surface area (Å²) in [5.41, 5.74) is 6.78. The predicted octanol–water partition coefficient (Wildman–Crippen LogP) is 1.92. The molecule has 1 saturated carbocycles. The van der Waals surface area contributed by atoms with E-state index in [0.29, 0.717) is 17.4 Å². The number of hydrogen-bond acceptors (Lipinski definition) is 8. The number of anilines is 2. The Balaban J connectivity index is 1.95. The number of nitrogens with two attached hydrogens (primary N) is 1. The third-order valence-corrected chi connectivity index (χ3v) is 4.19. The van der Waals surface area contributed by atoms with Crippen LogP contribution in [0.4, 0.5) is 11.9 Å². The summed E-state index contributed by atoms with van der Waals surface area (Å²) >= 11 is 1.63. The maximum absolute atomic E-state index is 9.39. The van der Waals surface area contributed by atoms with Gasteiger partial charge in [0.2, 0.25) is 11.9 Å². The van der Waals surface area contributed by atoms with Gasteiger partial charge < -0.3 is 10.6 Å². The summed E-state index contributed by atoms with van der Waals surface area (Å²) in [6, 6.07) is 2.11. The van der Waals surface area contributed by atoms with Gasteiger partial charge in [-0.15, -0.1) is 11.3 Å². The quantitative estimate of drug-likeness (QED) is 0.860. The molecule has 2 aromatic heterocycles. The number of hydrogen-bond donors (Lipinski definition) is 1. The zero-order valence-electron chi connectivity index (χ0n) is 12.3. The van der Waals surface area contributed by atoms with Gasteiger partial charge in [-0.2, -0.15) is 20.2 Å². The lowest BCUT2D eigenvalue weighted by atomic mass is 10.2. The average molecular weight is 313 g/mol. The second-order valence-electron chi connectivity index (χ2n) is 5.27. The highest BCUT2D eigenvalue weighted by Gasteiger charge is 2.26. The Labute approximate surface area is 132 Å². The van der Waals surface area contributed by atoms with Crippen molar-refractivity contribution in [3.63, 3.8) is 0 Å². The standard InChI is InChI=1S/C14H15N7S/c1-21(2)14-19-11(18-13(16)20-14)9(6-15)5-10-7-22-12(17-10)8-3-4-8/h5,7-8H,3-4H2,1-2H3,(H2,16,18,19,20). The molecule has 1 aliphatic rings. The normalized spacial score (nSPS) is 14.7. The maximum Gasteiger partial charge on any atom is 0.230 e. The summed E-state index contributed by atoms with van der Waals surface area (Å²) in [6.07, 6.45) is 4.10. The molecule has 1 aliphatic carbocycles. The first-order valence-corrected chi connectivity index (χ1v) is 7.71. The van der Waals surface area contributed by atoms with E-state index in [-0.39, 0.29) is 11.8 Å². The number of thiazole rings is 1. The van der Waals surface area contributed by atoms with Crippen LogP contribution in [0.5, 0.6) is 0 Å². The molecule has 3 rings (SSSR count). The number of allylic oxidation sites excluding steroid dienone is 1. The molecule has 0 aromatic carbocycles. The van der Waals surface area contributed by atoms with Gasteiger partial charge in [-0.25, -0.2) is 4.98 Å². The molecule has 1 fully saturated rings. The molecule has 0 saturated heterocycles. The first kappa shape index (κ1) is 14.4. The van der Waals surface area contributed by atoms with Crippen molar-refractivity contribution in [1.82, 2.24) is 19.9 Å². The fourth-order valence-corrected chi connectivity index (χ4v) is 2.83. The van der Waals surface area contributed by atoms with Crippen LogP contribution in [0.15, 0.2) is 5.38 Å². The van der Waals surface area contributed by atoms with Gasteiger partial charge >= 0.3 is 0 Å². The molecular formula is C14H15N7S. The number of rotatable bonds is 4. The van der Waals surface area contributed by atoms with Crippen LogP contribution < -0.4 is 10.6 Å². The minimum Gasteiger partial charge on any atom is -0.368 e. The molecule has 0 radical (unpaired) electrons. The summed E-state index contributed by atoms with van der Waals surface area (Å²) in [6.45, 7) is 0. The largest absolute Gasteiger partial charge is 0.368 e. The topological polar surface area (TPSA) is 105 Å². The highest BCUT2D eigenvalue weighted by atomic mass is 32.1. The molecular weight excluding hydrogens is 298 g/mol. The zero-order valence-corrected chi connectivity index (χ0v) is 13.1. The summed E-state index contributed by atoms with van der Waals surface area (Å²) < 4.78 is 0. The van der Waals surface area contributed by atoms with E-state index in [4.69, 9.17) is 5.73 Å². The van der Waals surface area contributed by atoms with Crippen LogP contribution in [0, 0.1) is 11.3 Å². The molecule has 22 heavy (non-hydrogen) atoms. The van der Waals surface area contributed by atoms with E-state index >= 15 is 0 Å². The molecule has 8 heteroatoms. The molecule has 0 aliphatic heterocycles. The van der Waals surface area contributed by atoms with Crippen LogP contribution in [-0.2, 0) is 0 Å². The van der Waals surface area contributed by atoms with Crippen molar-refractivity contribution in [3.8, 4) is 6.07 Å². The first-order chi connectivity index (χ1) is 10.6. The van der Waals surface area contributed by atoms with Crippen molar-refractivity contribution in [3.05, 3.63) is 21.9 Å². The number of nitrogen functional groups attached to an aromatic ring is 1. The van der Waals surface area contributed by atoms with Crippen LogP contribution in [0.3, 0.4) is 0 Å². The molecule has 2 N–H and O–H groups in total. The summed E-state index contributed by atoms with van der Waals surface area (Å²) in [4.78, 5) is 18.6. The van der Waals surface area contributed by atoms with Gasteiger partial charge in [-0.05, 0) is 18.9 Å². The lowest BCUT2D eigenvalue weighted by Gasteiger charge is -2.10. The van der Waals surface area contributed by atoms with Crippen LogP contribution >= 0.6 is 11.3 Å². The van der Waals surface area contributed by atoms with Gasteiger partial charge in [0, 0.05) is 25.4 Å². The van der Waals surface area contributed by atoms with Crippen molar-refractivity contribution in [2.45, 2.75) is 18.8 Å². The van der Waals surface area contributed by atoms with E-state index < -0.39 is 0 Å². The Bertz CT molecular complexity index is 768. The Morgan fingerprint density at radius 1 is 1.36 bits per heavy atom. The second kappa shape index (κ2) is 5.69. The predicted molar refractivity (Wildman–Crippen MR) is 86.1 cm³/mol. The van der Waals surface area contributed by atoms with Crippen molar-refractivity contribution < 1.29 is 0 Å². The van der Waals surface area contributed by atoms with Crippen molar-refractivity contribution in [1.29, 1.82) is 5.26 Å². The highest BCUT2D eigenvalue weighted by Crippen LogP contribution is 2.41. The van der Waals surface area contributed by atoms with Crippen molar-refractivity contribution in [2.24, 2.45) is 0 Å². The maximum atomic E-state index is 9.39. The lowest BCUT2D eigenvalue weighted by molar-refractivity contribution is 0.952. The lowest BCUT2D eigenvalue weighted by Crippen LogP contribution is -2.15. The fourth-order valence-electron chi connectivity index (χ4n) is 1.88. The molecule has 0 atom stereocenters. The summed E-state index contributed by atoms with van der Waals surface area (Å²) in [5.74, 6) is 1.37. The number of nitriles is 1. The van der Waals surface area contributed by atoms with E-state index in [2.05, 4.69) is 26.0 Å². The van der Waals surface area contributed by atoms with E-state index in [1.165, 1.54) is 12.8 Å². The number of nitrogens with zero attached hydrogens (tertiary/aromatic N) is 6. The third kappa shape index (κ3) is 3.04. The summed E-state index contributed by atoms with van der Waals surface area (Å²) in [7, 11) is 3.60. The molecule has 2 aromatic rings. The molecule has 112 valence electrons. The van der Waals surface area contributed by atoms with Crippen LogP contribution in [0.1, 0.15) is 35.3 Å². The molecule has 2 heterocycles. The van der Waals surface area contributed by atoms with Gasteiger partial charge in [0.15, 0.2) is 5.82 Å². The molecule has 0 bridgehead atoms. The smallest absolute Gasteiger partial charge is 0.230 e. The number of aromatic nitrogens is 4. The first-order valence-electron chi connectivity index (χ1n) is 6.83. The molecule has 0 unspecified atom stereocenters. The van der Waals surface area contributed by atoms with Gasteiger partial charge in [-0.3, -0.25) is 0 Å². The van der Waals surface area contributed by atoms with Gasteiger partial charge in [0.1, 0.15) is 6.07 Å². The Morgan fingerprint density at radius 2 is 2.14 bits per heavy atom. The van der Waals surface area contributed by atoms with Crippen LogP contribution in [-0.4, -0.2) is 34.0 Å². The molecule has 0 amide bonds. The second-order valence-corrected chi connectivity index (χ2v) is 6.16. The van der Waals surface area contributed by atoms with Crippen molar-refractivity contribution >= 4 is 34.9 Å². The Hall–Kier alpha value is -2.53. The van der Waals surface area contributed by atoms with E-state index in [0.717, 1.165) is 10.7 Å². The third-order valence-electron chi connectivity index (χ3n) is 3.16. The van der Waals surface area contributed by atoms with Gasteiger partial charge in [0.05, 0.1) is 16.3 Å². The SMILES string of the molecule is CN(C)c1nc(N)nc(C(C#N)=Cc2csc(C3CC3)n2)n1. The summed E-state index contributed by atoms with van der Waals surface area (Å²) in [5, 5.41) is 12.5. The molecule has 0 spiro atoms. The van der Waals surface area contributed by atoms with Gasteiger partial charge in [0.25, 0.3) is 0 Å². The minimum atomic E-state index is 0.0896. The Kier molecular flexibility index (Phi) is 3.73. The van der Waals surface area contributed by atoms with E-state index in [1.807, 2.05) is 5.38 Å². The molecule has 7 nitrogen and oxygen atoms in total. The highest BCUT2D eigenvalue weighted by molar-refractivity contribution is 7.09. The van der Waals surface area contributed by atoms with E-state index in [1.54, 1.807) is 36.4 Å². The van der Waals surface area contributed by atoms with Crippen LogP contribution in [0.2, 0.25) is 0 Å². The van der Waals surface area contributed by atoms with Crippen LogP contribution in [0.25, 0.3) is 11.6 Å². The fraction of sp³-hybridized carbons (Fsp3) is 0.357. The minimum absolute atomic E-state index is 0.0896. The van der Waals surface area contributed by atoms with Gasteiger partial charge in [-0.1, -0.05) is 0 Å². The monoisotopic (exact) mass is 313 g/mol. The van der Waals surface area contributed by atoms with E-state index in [9.17, 15) is 5.26 Å². The average Bonchev–Trinajstić information content (AvgIpc) is 3.23. The Morgan fingerprint density at radius 3 is 2.77 bits per heavy atom.